The summed E-state index contributed by atoms with van der Waals surface area (Å²) in [6, 6.07) is 6.22. The van der Waals surface area contributed by atoms with Gasteiger partial charge in [0, 0.05) is 6.04 Å². The molecule has 0 bridgehead atoms. The van der Waals surface area contributed by atoms with Gasteiger partial charge in [-0.05, 0) is 30.5 Å². The average molecular weight is 225 g/mol. The first-order valence-corrected chi connectivity index (χ1v) is 5.09. The van der Waals surface area contributed by atoms with E-state index in [0.29, 0.717) is 0 Å². The van der Waals surface area contributed by atoms with Crippen LogP contribution in [0.15, 0.2) is 18.2 Å². The van der Waals surface area contributed by atoms with Gasteiger partial charge < -0.3 is 5.73 Å². The molecular formula is C11H10ClFN2. The van der Waals surface area contributed by atoms with Gasteiger partial charge in [-0.15, -0.1) is 0 Å². The first kappa shape index (κ1) is 10.4. The van der Waals surface area contributed by atoms with E-state index >= 15 is 0 Å². The van der Waals surface area contributed by atoms with Crippen molar-refractivity contribution in [2.75, 3.05) is 0 Å². The lowest BCUT2D eigenvalue weighted by Gasteiger charge is -2.16. The highest BCUT2D eigenvalue weighted by molar-refractivity contribution is 6.30. The van der Waals surface area contributed by atoms with Crippen LogP contribution in [0.1, 0.15) is 24.4 Å². The Morgan fingerprint density at radius 1 is 1.53 bits per heavy atom. The van der Waals surface area contributed by atoms with Crippen LogP contribution < -0.4 is 5.73 Å². The number of nitrogens with two attached hydrogens (primary N) is 1. The lowest BCUT2D eigenvalue weighted by molar-refractivity contribution is 0.518. The van der Waals surface area contributed by atoms with Crippen molar-refractivity contribution in [2.45, 2.75) is 18.9 Å². The fourth-order valence-electron chi connectivity index (χ4n) is 1.65. The van der Waals surface area contributed by atoms with Crippen LogP contribution in [0.25, 0.3) is 0 Å². The third-order valence-corrected chi connectivity index (χ3v) is 3.20. The van der Waals surface area contributed by atoms with E-state index in [2.05, 4.69) is 6.07 Å². The summed E-state index contributed by atoms with van der Waals surface area (Å²) in [6.07, 6.45) is 1.61. The van der Waals surface area contributed by atoms with Gasteiger partial charge in [0.15, 0.2) is 0 Å². The maximum absolute atomic E-state index is 12.9. The molecule has 1 unspecified atom stereocenters. The van der Waals surface area contributed by atoms with E-state index in [0.717, 1.165) is 18.4 Å². The number of benzene rings is 1. The van der Waals surface area contributed by atoms with Crippen molar-refractivity contribution in [1.82, 2.24) is 0 Å². The highest BCUT2D eigenvalue weighted by Gasteiger charge is 2.49. The Labute approximate surface area is 92.5 Å². The number of halogens is 2. The molecule has 2 N–H and O–H groups in total. The van der Waals surface area contributed by atoms with Crippen LogP contribution in [0.2, 0.25) is 5.02 Å². The smallest absolute Gasteiger partial charge is 0.141 e. The van der Waals surface area contributed by atoms with Crippen molar-refractivity contribution in [1.29, 1.82) is 5.26 Å². The molecule has 0 spiro atoms. The highest BCUT2D eigenvalue weighted by Crippen LogP contribution is 2.53. The molecule has 0 aromatic heterocycles. The van der Waals surface area contributed by atoms with Gasteiger partial charge in [0.05, 0.1) is 16.5 Å². The van der Waals surface area contributed by atoms with E-state index in [1.807, 2.05) is 0 Å². The summed E-state index contributed by atoms with van der Waals surface area (Å²) in [6.45, 7) is 0. The highest BCUT2D eigenvalue weighted by atomic mass is 35.5. The zero-order chi connectivity index (χ0) is 11.1. The maximum Gasteiger partial charge on any atom is 0.141 e. The quantitative estimate of drug-likeness (QED) is 0.840. The molecule has 0 amide bonds. The number of nitrogens with zero attached hydrogens (tertiary/aromatic N) is 1. The van der Waals surface area contributed by atoms with Crippen LogP contribution in [-0.4, -0.2) is 0 Å². The summed E-state index contributed by atoms with van der Waals surface area (Å²) >= 11 is 5.66. The molecule has 0 heterocycles. The van der Waals surface area contributed by atoms with E-state index in [9.17, 15) is 4.39 Å². The molecule has 1 aromatic carbocycles. The Balaban J connectivity index is 2.31. The molecule has 0 saturated heterocycles. The number of rotatable bonds is 2. The third-order valence-electron chi connectivity index (χ3n) is 2.91. The number of nitriles is 1. The molecule has 2 rings (SSSR count). The second kappa shape index (κ2) is 3.48. The van der Waals surface area contributed by atoms with Gasteiger partial charge >= 0.3 is 0 Å². The van der Waals surface area contributed by atoms with Crippen molar-refractivity contribution in [2.24, 2.45) is 11.1 Å². The summed E-state index contributed by atoms with van der Waals surface area (Å²) in [5.74, 6) is -0.463. The molecule has 15 heavy (non-hydrogen) atoms. The zero-order valence-corrected chi connectivity index (χ0v) is 8.76. The summed E-state index contributed by atoms with van der Waals surface area (Å²) in [5, 5.41) is 9.03. The zero-order valence-electron chi connectivity index (χ0n) is 8.00. The van der Waals surface area contributed by atoms with Crippen molar-refractivity contribution >= 4 is 11.6 Å². The SMILES string of the molecule is N#CC1(C(N)c2ccc(F)c(Cl)c2)CC1. The molecule has 1 aliphatic carbocycles. The van der Waals surface area contributed by atoms with Gasteiger partial charge in [-0.3, -0.25) is 0 Å². The standard InChI is InChI=1S/C11H10ClFN2/c12-8-5-7(1-2-9(8)13)10(15)11(6-14)3-4-11/h1-2,5,10H,3-4,15H2. The van der Waals surface area contributed by atoms with Crippen molar-refractivity contribution in [3.63, 3.8) is 0 Å². The molecule has 1 aromatic rings. The fourth-order valence-corrected chi connectivity index (χ4v) is 1.84. The predicted molar refractivity (Wildman–Crippen MR) is 55.6 cm³/mol. The van der Waals surface area contributed by atoms with Crippen molar-refractivity contribution in [3.05, 3.63) is 34.6 Å². The first-order chi connectivity index (χ1) is 7.09. The Morgan fingerprint density at radius 2 is 2.20 bits per heavy atom. The largest absolute Gasteiger partial charge is 0.323 e. The van der Waals surface area contributed by atoms with Gasteiger partial charge in [-0.25, -0.2) is 4.39 Å². The van der Waals surface area contributed by atoms with Crippen LogP contribution in [-0.2, 0) is 0 Å². The predicted octanol–water partition coefficient (Wildman–Crippen LogP) is 2.78. The Kier molecular flexibility index (Phi) is 2.41. The monoisotopic (exact) mass is 224 g/mol. The van der Waals surface area contributed by atoms with Crippen LogP contribution >= 0.6 is 11.6 Å². The summed E-state index contributed by atoms with van der Waals surface area (Å²) in [5.41, 5.74) is 6.23. The molecule has 1 fully saturated rings. The molecule has 4 heteroatoms. The lowest BCUT2D eigenvalue weighted by Crippen LogP contribution is -2.21. The Morgan fingerprint density at radius 3 is 2.67 bits per heavy atom. The Bertz CT molecular complexity index is 435. The van der Waals surface area contributed by atoms with Gasteiger partial charge in [0.25, 0.3) is 0 Å². The van der Waals surface area contributed by atoms with Crippen molar-refractivity contribution in [3.8, 4) is 6.07 Å². The Hall–Kier alpha value is -1.11. The van der Waals surface area contributed by atoms with Gasteiger partial charge in [-0.2, -0.15) is 5.26 Å². The molecule has 0 radical (unpaired) electrons. The van der Waals surface area contributed by atoms with E-state index in [1.54, 1.807) is 6.07 Å². The van der Waals surface area contributed by atoms with Crippen LogP contribution in [0.3, 0.4) is 0 Å². The molecule has 0 aliphatic heterocycles. The molecule has 2 nitrogen and oxygen atoms in total. The normalized spacial score (nSPS) is 19.3. The molecule has 1 atom stereocenters. The molecule has 1 saturated carbocycles. The summed E-state index contributed by atoms with van der Waals surface area (Å²) < 4.78 is 12.9. The second-order valence-electron chi connectivity index (χ2n) is 3.92. The first-order valence-electron chi connectivity index (χ1n) is 4.71. The minimum absolute atomic E-state index is 0.0525. The van der Waals surface area contributed by atoms with Gasteiger partial charge in [0.2, 0.25) is 0 Å². The minimum atomic E-state index is -0.463. The topological polar surface area (TPSA) is 49.8 Å². The number of hydrogen-bond donors (Lipinski definition) is 1. The average Bonchev–Trinajstić information content (AvgIpc) is 3.02. The van der Waals surface area contributed by atoms with E-state index in [1.165, 1.54) is 12.1 Å². The number of hydrogen-bond acceptors (Lipinski definition) is 2. The molecular weight excluding hydrogens is 215 g/mol. The molecule has 78 valence electrons. The van der Waals surface area contributed by atoms with Crippen LogP contribution in [0.5, 0.6) is 0 Å². The fraction of sp³-hybridized carbons (Fsp3) is 0.364. The van der Waals surface area contributed by atoms with Crippen LogP contribution in [0, 0.1) is 22.6 Å². The summed E-state index contributed by atoms with van der Waals surface area (Å²) in [7, 11) is 0. The van der Waals surface area contributed by atoms with Gasteiger partial charge in [-0.1, -0.05) is 17.7 Å². The van der Waals surface area contributed by atoms with E-state index < -0.39 is 11.2 Å². The van der Waals surface area contributed by atoms with E-state index in [4.69, 9.17) is 22.6 Å². The van der Waals surface area contributed by atoms with E-state index in [-0.39, 0.29) is 11.1 Å². The summed E-state index contributed by atoms with van der Waals surface area (Å²) in [4.78, 5) is 0. The second-order valence-corrected chi connectivity index (χ2v) is 4.33. The van der Waals surface area contributed by atoms with Crippen molar-refractivity contribution < 1.29 is 4.39 Å². The maximum atomic E-state index is 12.9. The lowest BCUT2D eigenvalue weighted by atomic mass is 9.92. The minimum Gasteiger partial charge on any atom is -0.323 e. The van der Waals surface area contributed by atoms with Crippen LogP contribution in [0.4, 0.5) is 4.39 Å². The van der Waals surface area contributed by atoms with Gasteiger partial charge in [0.1, 0.15) is 5.82 Å². The third kappa shape index (κ3) is 1.71. The molecule has 1 aliphatic rings.